The average molecular weight is 253 g/mol. The molecule has 0 aliphatic carbocycles. The molecule has 1 unspecified atom stereocenters. The van der Waals surface area contributed by atoms with Crippen molar-refractivity contribution in [2.75, 3.05) is 26.3 Å². The van der Waals surface area contributed by atoms with E-state index in [-0.39, 0.29) is 5.82 Å². The maximum absolute atomic E-state index is 12.9. The van der Waals surface area contributed by atoms with Crippen LogP contribution in [0.25, 0.3) is 0 Å². The van der Waals surface area contributed by atoms with Gasteiger partial charge >= 0.3 is 0 Å². The van der Waals surface area contributed by atoms with Crippen LogP contribution in [0, 0.1) is 5.82 Å². The maximum atomic E-state index is 12.9. The molecule has 1 aromatic carbocycles. The molecular weight excluding hydrogens is 229 g/mol. The molecule has 0 heterocycles. The summed E-state index contributed by atoms with van der Waals surface area (Å²) >= 11 is 0. The number of nitrogens with one attached hydrogen (secondary N) is 1. The fraction of sp³-hybridized carbons (Fsp3) is 0.600. The van der Waals surface area contributed by atoms with E-state index < -0.39 is 0 Å². The molecule has 0 spiro atoms. The summed E-state index contributed by atoms with van der Waals surface area (Å²) in [7, 11) is 0. The predicted molar refractivity (Wildman–Crippen MR) is 73.4 cm³/mol. The number of rotatable bonds is 9. The second-order valence-electron chi connectivity index (χ2n) is 4.40. The zero-order chi connectivity index (χ0) is 13.2. The third-order valence-electron chi connectivity index (χ3n) is 3.03. The summed E-state index contributed by atoms with van der Waals surface area (Å²) < 4.78 is 18.3. The molecule has 0 aromatic heterocycles. The second-order valence-corrected chi connectivity index (χ2v) is 4.40. The molecule has 3 heteroatoms. The van der Waals surface area contributed by atoms with E-state index in [0.717, 1.165) is 39.1 Å². The zero-order valence-corrected chi connectivity index (χ0v) is 11.4. The van der Waals surface area contributed by atoms with E-state index in [1.807, 2.05) is 19.1 Å². The van der Waals surface area contributed by atoms with Gasteiger partial charge in [-0.25, -0.2) is 4.39 Å². The van der Waals surface area contributed by atoms with Gasteiger partial charge in [0.2, 0.25) is 0 Å². The monoisotopic (exact) mass is 253 g/mol. The van der Waals surface area contributed by atoms with Crippen LogP contribution in [0.5, 0.6) is 0 Å². The van der Waals surface area contributed by atoms with Crippen molar-refractivity contribution in [2.45, 2.75) is 32.6 Å². The second kappa shape index (κ2) is 9.06. The van der Waals surface area contributed by atoms with Crippen molar-refractivity contribution in [1.82, 2.24) is 5.32 Å². The van der Waals surface area contributed by atoms with E-state index in [4.69, 9.17) is 4.74 Å². The van der Waals surface area contributed by atoms with Gasteiger partial charge in [-0.3, -0.25) is 0 Å². The number of benzene rings is 1. The first kappa shape index (κ1) is 15.1. The molecule has 1 N–H and O–H groups in total. The van der Waals surface area contributed by atoms with E-state index in [0.29, 0.717) is 5.92 Å². The highest BCUT2D eigenvalue weighted by Gasteiger charge is 2.10. The van der Waals surface area contributed by atoms with Crippen molar-refractivity contribution < 1.29 is 9.13 Å². The Morgan fingerprint density at radius 3 is 2.56 bits per heavy atom. The quantitative estimate of drug-likeness (QED) is 0.682. The van der Waals surface area contributed by atoms with Gasteiger partial charge in [-0.1, -0.05) is 19.1 Å². The molecule has 0 bridgehead atoms. The lowest BCUT2D eigenvalue weighted by Crippen LogP contribution is -2.21. The maximum Gasteiger partial charge on any atom is 0.123 e. The number of halogens is 1. The van der Waals surface area contributed by atoms with Crippen molar-refractivity contribution in [2.24, 2.45) is 0 Å². The zero-order valence-electron chi connectivity index (χ0n) is 11.4. The van der Waals surface area contributed by atoms with Gasteiger partial charge < -0.3 is 10.1 Å². The minimum Gasteiger partial charge on any atom is -0.382 e. The summed E-state index contributed by atoms with van der Waals surface area (Å²) in [5, 5.41) is 3.37. The molecule has 18 heavy (non-hydrogen) atoms. The fourth-order valence-electron chi connectivity index (χ4n) is 2.02. The molecule has 0 aliphatic heterocycles. The summed E-state index contributed by atoms with van der Waals surface area (Å²) in [6.45, 7) is 7.59. The summed E-state index contributed by atoms with van der Waals surface area (Å²) in [5.74, 6) is 0.265. The Kier molecular flexibility index (Phi) is 7.62. The van der Waals surface area contributed by atoms with Gasteiger partial charge in [0.05, 0.1) is 0 Å². The molecular formula is C15H24FNO. The first-order valence-corrected chi connectivity index (χ1v) is 6.81. The summed E-state index contributed by atoms with van der Waals surface area (Å²) in [6, 6.07) is 6.85. The SMILES string of the molecule is CCNCC(CCCOCC)c1ccc(F)cc1. The van der Waals surface area contributed by atoms with Crippen LogP contribution in [0.4, 0.5) is 4.39 Å². The van der Waals surface area contributed by atoms with Crippen molar-refractivity contribution in [3.8, 4) is 0 Å². The smallest absolute Gasteiger partial charge is 0.123 e. The van der Waals surface area contributed by atoms with E-state index in [9.17, 15) is 4.39 Å². The Bertz CT molecular complexity index is 313. The first-order chi connectivity index (χ1) is 8.77. The third-order valence-corrected chi connectivity index (χ3v) is 3.03. The van der Waals surface area contributed by atoms with Crippen LogP contribution in [0.3, 0.4) is 0 Å². The molecule has 0 aliphatic rings. The minimum absolute atomic E-state index is 0.171. The van der Waals surface area contributed by atoms with Gasteiger partial charge in [0.15, 0.2) is 0 Å². The summed E-state index contributed by atoms with van der Waals surface area (Å²) in [6.07, 6.45) is 2.11. The molecule has 0 amide bonds. The van der Waals surface area contributed by atoms with Gasteiger partial charge in [-0.05, 0) is 49.9 Å². The molecule has 0 saturated carbocycles. The van der Waals surface area contributed by atoms with Gasteiger partial charge in [-0.2, -0.15) is 0 Å². The molecule has 102 valence electrons. The van der Waals surface area contributed by atoms with Crippen LogP contribution in [0.15, 0.2) is 24.3 Å². The van der Waals surface area contributed by atoms with Crippen molar-refractivity contribution in [3.63, 3.8) is 0 Å². The average Bonchev–Trinajstić information content (AvgIpc) is 2.39. The molecule has 2 nitrogen and oxygen atoms in total. The van der Waals surface area contributed by atoms with Crippen LogP contribution in [-0.2, 0) is 4.74 Å². The molecule has 0 fully saturated rings. The highest BCUT2D eigenvalue weighted by molar-refractivity contribution is 5.20. The largest absolute Gasteiger partial charge is 0.382 e. The lowest BCUT2D eigenvalue weighted by atomic mass is 9.94. The van der Waals surface area contributed by atoms with Crippen LogP contribution in [0.2, 0.25) is 0 Å². The Morgan fingerprint density at radius 1 is 1.22 bits per heavy atom. The highest BCUT2D eigenvalue weighted by atomic mass is 19.1. The predicted octanol–water partition coefficient (Wildman–Crippen LogP) is 3.34. The van der Waals surface area contributed by atoms with Crippen LogP contribution in [0.1, 0.15) is 38.2 Å². The third kappa shape index (κ3) is 5.61. The topological polar surface area (TPSA) is 21.3 Å². The van der Waals surface area contributed by atoms with E-state index in [1.165, 1.54) is 17.7 Å². The molecule has 0 saturated heterocycles. The molecule has 1 rings (SSSR count). The fourth-order valence-corrected chi connectivity index (χ4v) is 2.02. The highest BCUT2D eigenvalue weighted by Crippen LogP contribution is 2.21. The lowest BCUT2D eigenvalue weighted by Gasteiger charge is -2.17. The Morgan fingerprint density at radius 2 is 1.94 bits per heavy atom. The normalized spacial score (nSPS) is 12.6. The van der Waals surface area contributed by atoms with Gasteiger partial charge in [0.1, 0.15) is 5.82 Å². The summed E-state index contributed by atoms with van der Waals surface area (Å²) in [4.78, 5) is 0. The molecule has 0 radical (unpaired) electrons. The van der Waals surface area contributed by atoms with E-state index in [1.54, 1.807) is 0 Å². The van der Waals surface area contributed by atoms with E-state index >= 15 is 0 Å². The number of hydrogen-bond acceptors (Lipinski definition) is 2. The minimum atomic E-state index is -0.171. The Balaban J connectivity index is 2.51. The van der Waals surface area contributed by atoms with Gasteiger partial charge in [-0.15, -0.1) is 0 Å². The van der Waals surface area contributed by atoms with E-state index in [2.05, 4.69) is 12.2 Å². The van der Waals surface area contributed by atoms with Crippen molar-refractivity contribution in [1.29, 1.82) is 0 Å². The van der Waals surface area contributed by atoms with Gasteiger partial charge in [0.25, 0.3) is 0 Å². The molecule has 1 atom stereocenters. The number of hydrogen-bond donors (Lipinski definition) is 1. The van der Waals surface area contributed by atoms with Crippen molar-refractivity contribution in [3.05, 3.63) is 35.6 Å². The Hall–Kier alpha value is -0.930. The summed E-state index contributed by atoms with van der Waals surface area (Å²) in [5.41, 5.74) is 1.20. The Labute approximate surface area is 110 Å². The standard InChI is InChI=1S/C15H24FNO/c1-3-17-12-14(6-5-11-18-4-2)13-7-9-15(16)10-8-13/h7-10,14,17H,3-6,11-12H2,1-2H3. The van der Waals surface area contributed by atoms with Crippen LogP contribution >= 0.6 is 0 Å². The number of ether oxygens (including phenoxy) is 1. The van der Waals surface area contributed by atoms with Crippen LogP contribution in [-0.4, -0.2) is 26.3 Å². The number of likely N-dealkylation sites (N-methyl/N-ethyl adjacent to an activating group) is 1. The molecule has 1 aromatic rings. The van der Waals surface area contributed by atoms with Crippen molar-refractivity contribution >= 4 is 0 Å². The lowest BCUT2D eigenvalue weighted by molar-refractivity contribution is 0.141. The van der Waals surface area contributed by atoms with Gasteiger partial charge in [0, 0.05) is 19.8 Å². The van der Waals surface area contributed by atoms with Crippen LogP contribution < -0.4 is 5.32 Å². The first-order valence-electron chi connectivity index (χ1n) is 6.81.